The third kappa shape index (κ3) is 13.5. The minimum absolute atomic E-state index is 0.00656. The lowest BCUT2D eigenvalue weighted by molar-refractivity contribution is -0.126. The van der Waals surface area contributed by atoms with Gasteiger partial charge in [0.2, 0.25) is 11.8 Å². The summed E-state index contributed by atoms with van der Waals surface area (Å²) in [6, 6.07) is 37.6. The molecule has 2 N–H and O–H groups in total. The average molecular weight is 803 g/mol. The fourth-order valence-corrected chi connectivity index (χ4v) is 8.58. The van der Waals surface area contributed by atoms with Crippen LogP contribution in [0.15, 0.2) is 115 Å². The molecular formula is C50H66N4O5. The second-order valence-electron chi connectivity index (χ2n) is 16.6. The molecule has 4 aromatic carbocycles. The molecule has 0 atom stereocenters. The first kappa shape index (κ1) is 45.1. The molecule has 2 fully saturated rings. The molecule has 0 unspecified atom stereocenters. The molecule has 0 aliphatic heterocycles. The smallest absolute Gasteiger partial charge is 0.246 e. The van der Waals surface area contributed by atoms with Crippen molar-refractivity contribution < 1.29 is 23.8 Å². The number of nitrogens with zero attached hydrogens (tertiary/aromatic N) is 2. The van der Waals surface area contributed by atoms with Crippen LogP contribution in [0, 0.1) is 0 Å². The highest BCUT2D eigenvalue weighted by atomic mass is 16.5. The number of carbonyl (C=O) groups excluding carboxylic acids is 2. The Hall–Kier alpha value is -4.96. The zero-order valence-electron chi connectivity index (χ0n) is 36.1. The maximum Gasteiger partial charge on any atom is 0.246 e. The Kier molecular flexibility index (Phi) is 17.2. The number of carbonyl (C=O) groups is 2. The number of amides is 2. The van der Waals surface area contributed by atoms with Crippen LogP contribution in [-0.2, 0) is 33.8 Å². The largest absolute Gasteiger partial charge is 0.493 e. The normalized spacial score (nSPS) is 21.7. The van der Waals surface area contributed by atoms with Gasteiger partial charge in [0, 0.05) is 36.3 Å². The predicted octanol–water partition coefficient (Wildman–Crippen LogP) is 8.12. The van der Waals surface area contributed by atoms with Crippen LogP contribution >= 0.6 is 0 Å². The van der Waals surface area contributed by atoms with E-state index in [1.54, 1.807) is 20.3 Å². The molecule has 0 bridgehead atoms. The Bertz CT molecular complexity index is 1880. The van der Waals surface area contributed by atoms with Gasteiger partial charge in [-0.05, 0) is 133 Å². The van der Waals surface area contributed by atoms with E-state index >= 15 is 0 Å². The van der Waals surface area contributed by atoms with Crippen LogP contribution in [0.5, 0.6) is 11.5 Å². The van der Waals surface area contributed by atoms with Crippen molar-refractivity contribution in [3.63, 3.8) is 0 Å². The number of nitrogens with one attached hydrogen (secondary N) is 2. The van der Waals surface area contributed by atoms with Gasteiger partial charge in [0.05, 0.1) is 7.11 Å². The summed E-state index contributed by atoms with van der Waals surface area (Å²) in [5.41, 5.74) is 5.07. The topological polar surface area (TPSA) is 92.4 Å². The van der Waals surface area contributed by atoms with E-state index in [9.17, 15) is 9.59 Å². The summed E-state index contributed by atoms with van der Waals surface area (Å²) >= 11 is 0. The summed E-state index contributed by atoms with van der Waals surface area (Å²) in [7, 11) is 11.9. The Morgan fingerprint density at radius 1 is 0.644 bits per heavy atom. The first-order valence-electron chi connectivity index (χ1n) is 21.1. The Morgan fingerprint density at radius 2 is 1.12 bits per heavy atom. The van der Waals surface area contributed by atoms with E-state index in [2.05, 4.69) is 109 Å². The minimum atomic E-state index is -0.0613. The van der Waals surface area contributed by atoms with E-state index in [4.69, 9.17) is 14.2 Å². The van der Waals surface area contributed by atoms with Gasteiger partial charge in [0.25, 0.3) is 0 Å². The number of methoxy groups -OCH3 is 2. The van der Waals surface area contributed by atoms with Crippen LogP contribution < -0.4 is 20.1 Å². The summed E-state index contributed by atoms with van der Waals surface area (Å²) < 4.78 is 16.3. The summed E-state index contributed by atoms with van der Waals surface area (Å²) in [6.07, 6.45) is 13.9. The van der Waals surface area contributed by atoms with Crippen LogP contribution in [-0.4, -0.2) is 93.8 Å². The van der Waals surface area contributed by atoms with Gasteiger partial charge in [-0.15, -0.1) is 0 Å². The highest BCUT2D eigenvalue weighted by Gasteiger charge is 2.38. The Morgan fingerprint density at radius 3 is 1.58 bits per heavy atom. The molecule has 2 aliphatic carbocycles. The third-order valence-electron chi connectivity index (χ3n) is 12.3. The first-order valence-corrected chi connectivity index (χ1v) is 21.1. The van der Waals surface area contributed by atoms with Crippen molar-refractivity contribution >= 4 is 17.9 Å². The molecule has 9 nitrogen and oxygen atoms in total. The standard InChI is InChI=1S/C32H38N2O3.C18H28N2O2/c1-34(2)32(23-26-10-6-4-7-11-26)20-18-28(19-21-32)33-31(35)17-15-25-14-16-29(30(22-25)36-3)37-24-27-12-8-5-9-13-27;1-20(2)18(13-15-7-5-4-6-8-15)11-9-16(10-12-18)19-17(21)14-22-3/h4-17,22,28H,18-21,23-24H2,1-3H3,(H,33,35);4-8,16H,9-14H2,1-3H3,(H,19,21). The third-order valence-corrected chi connectivity index (χ3v) is 12.3. The summed E-state index contributed by atoms with van der Waals surface area (Å²) in [4.78, 5) is 29.1. The van der Waals surface area contributed by atoms with E-state index in [1.807, 2.05) is 54.6 Å². The zero-order chi connectivity index (χ0) is 42.1. The second kappa shape index (κ2) is 22.4. The van der Waals surface area contributed by atoms with E-state index in [-0.39, 0.29) is 41.6 Å². The van der Waals surface area contributed by atoms with Gasteiger partial charge in [-0.3, -0.25) is 9.59 Å². The van der Waals surface area contributed by atoms with Crippen LogP contribution in [0.25, 0.3) is 6.08 Å². The number of benzene rings is 4. The van der Waals surface area contributed by atoms with Crippen molar-refractivity contribution in [3.05, 3.63) is 138 Å². The summed E-state index contributed by atoms with van der Waals surface area (Å²) in [5.74, 6) is 1.25. The molecule has 0 radical (unpaired) electrons. The van der Waals surface area contributed by atoms with Gasteiger partial charge >= 0.3 is 0 Å². The van der Waals surface area contributed by atoms with E-state index in [1.165, 1.54) is 11.1 Å². The first-order chi connectivity index (χ1) is 28.5. The molecule has 9 heteroatoms. The zero-order valence-corrected chi connectivity index (χ0v) is 36.1. The SMILES string of the molecule is COCC(=O)NC1CCC(Cc2ccccc2)(N(C)C)CC1.COc1cc(C=CC(=O)NC2CCC(Cc3ccccc3)(N(C)C)CC2)ccc1OCc1ccccc1. The fraction of sp³-hybridized carbons (Fsp3) is 0.440. The molecule has 2 saturated carbocycles. The van der Waals surface area contributed by atoms with Crippen LogP contribution in [0.2, 0.25) is 0 Å². The van der Waals surface area contributed by atoms with Gasteiger partial charge in [-0.25, -0.2) is 0 Å². The number of hydrogen-bond acceptors (Lipinski definition) is 7. The van der Waals surface area contributed by atoms with E-state index in [0.717, 1.165) is 75.3 Å². The lowest BCUT2D eigenvalue weighted by Gasteiger charge is -2.45. The van der Waals surface area contributed by atoms with Crippen LogP contribution in [0.3, 0.4) is 0 Å². The van der Waals surface area contributed by atoms with Gasteiger partial charge < -0.3 is 34.6 Å². The highest BCUT2D eigenvalue weighted by Crippen LogP contribution is 2.37. The molecule has 59 heavy (non-hydrogen) atoms. The number of likely N-dealkylation sites (N-methyl/N-ethyl adjacent to an activating group) is 2. The summed E-state index contributed by atoms with van der Waals surface area (Å²) in [6.45, 7) is 0.621. The molecule has 4 aromatic rings. The molecule has 2 aliphatic rings. The van der Waals surface area contributed by atoms with Crippen molar-refractivity contribution in [1.29, 1.82) is 0 Å². The minimum Gasteiger partial charge on any atom is -0.493 e. The highest BCUT2D eigenvalue weighted by molar-refractivity contribution is 5.92. The van der Waals surface area contributed by atoms with Gasteiger partial charge in [-0.1, -0.05) is 97.1 Å². The van der Waals surface area contributed by atoms with Gasteiger partial charge in [0.1, 0.15) is 13.2 Å². The van der Waals surface area contributed by atoms with Crippen LogP contribution in [0.1, 0.15) is 73.6 Å². The monoisotopic (exact) mass is 803 g/mol. The molecule has 0 saturated heterocycles. The predicted molar refractivity (Wildman–Crippen MR) is 239 cm³/mol. The second-order valence-corrected chi connectivity index (χ2v) is 16.6. The van der Waals surface area contributed by atoms with Gasteiger partial charge in [0.15, 0.2) is 11.5 Å². The van der Waals surface area contributed by atoms with E-state index < -0.39 is 0 Å². The molecule has 2 amide bonds. The van der Waals surface area contributed by atoms with Crippen molar-refractivity contribution in [2.45, 2.75) is 94.0 Å². The number of rotatable bonds is 16. The Balaban J connectivity index is 0.000000256. The van der Waals surface area contributed by atoms with Crippen molar-refractivity contribution in [1.82, 2.24) is 20.4 Å². The molecule has 0 aromatic heterocycles. The lowest BCUT2D eigenvalue weighted by Crippen LogP contribution is -2.52. The van der Waals surface area contributed by atoms with E-state index in [0.29, 0.717) is 18.1 Å². The van der Waals surface area contributed by atoms with Crippen molar-refractivity contribution in [2.24, 2.45) is 0 Å². The quantitative estimate of drug-likeness (QED) is 0.111. The molecule has 316 valence electrons. The number of hydrogen-bond donors (Lipinski definition) is 2. The summed E-state index contributed by atoms with van der Waals surface area (Å²) in [5, 5.41) is 6.29. The molecule has 0 spiro atoms. The van der Waals surface area contributed by atoms with Gasteiger partial charge in [-0.2, -0.15) is 0 Å². The lowest BCUT2D eigenvalue weighted by atomic mass is 9.75. The molecular weight excluding hydrogens is 737 g/mol. The fourth-order valence-electron chi connectivity index (χ4n) is 8.58. The van der Waals surface area contributed by atoms with Crippen molar-refractivity contribution in [2.75, 3.05) is 49.0 Å². The molecule has 6 rings (SSSR count). The number of ether oxygens (including phenoxy) is 3. The van der Waals surface area contributed by atoms with Crippen LogP contribution in [0.4, 0.5) is 0 Å². The van der Waals surface area contributed by atoms with Crippen molar-refractivity contribution in [3.8, 4) is 11.5 Å². The maximum atomic E-state index is 12.7. The molecule has 0 heterocycles. The Labute approximate surface area is 353 Å². The average Bonchev–Trinajstić information content (AvgIpc) is 3.25. The maximum absolute atomic E-state index is 12.7.